The zero-order valence-electron chi connectivity index (χ0n) is 15.6. The highest BCUT2D eigenvalue weighted by atomic mass is 16.6. The van der Waals surface area contributed by atoms with Crippen LogP contribution in [0.2, 0.25) is 0 Å². The van der Waals surface area contributed by atoms with Gasteiger partial charge in [-0.15, -0.1) is 0 Å². The van der Waals surface area contributed by atoms with Crippen LogP contribution in [-0.4, -0.2) is 20.6 Å². The summed E-state index contributed by atoms with van der Waals surface area (Å²) in [7, 11) is 0. The van der Waals surface area contributed by atoms with Crippen LogP contribution in [0.15, 0.2) is 54.9 Å². The lowest BCUT2D eigenvalue weighted by Gasteiger charge is -2.11. The van der Waals surface area contributed by atoms with Gasteiger partial charge in [-0.3, -0.25) is 19.6 Å². The normalized spacial score (nSPS) is 10.5. The highest BCUT2D eigenvalue weighted by Gasteiger charge is 2.14. The number of carbonyl (C=O) groups is 1. The smallest absolute Gasteiger partial charge is 0.275 e. The fourth-order valence-electron chi connectivity index (χ4n) is 2.65. The maximum atomic E-state index is 12.2. The second kappa shape index (κ2) is 8.34. The molecule has 0 radical (unpaired) electrons. The maximum Gasteiger partial charge on any atom is 0.275 e. The fourth-order valence-corrected chi connectivity index (χ4v) is 2.65. The summed E-state index contributed by atoms with van der Waals surface area (Å²) < 4.78 is 7.46. The van der Waals surface area contributed by atoms with Crippen molar-refractivity contribution in [1.29, 1.82) is 0 Å². The summed E-state index contributed by atoms with van der Waals surface area (Å²) >= 11 is 0. The number of nitrogens with zero attached hydrogens (tertiary/aromatic N) is 3. The van der Waals surface area contributed by atoms with Crippen molar-refractivity contribution in [2.75, 3.05) is 5.32 Å². The van der Waals surface area contributed by atoms with Crippen molar-refractivity contribution >= 4 is 17.3 Å². The van der Waals surface area contributed by atoms with Crippen molar-refractivity contribution in [1.82, 2.24) is 9.78 Å². The first kappa shape index (κ1) is 19.1. The zero-order valence-corrected chi connectivity index (χ0v) is 15.6. The number of carbonyl (C=O) groups excluding carboxylic acids is 1. The molecule has 0 fully saturated rings. The number of amides is 1. The van der Waals surface area contributed by atoms with Crippen LogP contribution in [0.5, 0.6) is 11.5 Å². The van der Waals surface area contributed by atoms with Crippen molar-refractivity contribution in [3.63, 3.8) is 0 Å². The zero-order chi connectivity index (χ0) is 20.1. The van der Waals surface area contributed by atoms with Gasteiger partial charge >= 0.3 is 0 Å². The molecule has 0 aliphatic heterocycles. The van der Waals surface area contributed by atoms with Crippen LogP contribution in [0.25, 0.3) is 0 Å². The molecule has 3 rings (SSSR count). The number of para-hydroxylation sites is 1. The first-order valence-electron chi connectivity index (χ1n) is 8.72. The van der Waals surface area contributed by atoms with E-state index in [9.17, 15) is 14.9 Å². The number of nitro benzene ring substituents is 1. The Morgan fingerprint density at radius 1 is 1.25 bits per heavy atom. The monoisotopic (exact) mass is 380 g/mol. The van der Waals surface area contributed by atoms with Crippen LogP contribution >= 0.6 is 0 Å². The van der Waals surface area contributed by atoms with E-state index in [4.69, 9.17) is 4.74 Å². The Balaban J connectivity index is 1.74. The minimum atomic E-state index is -0.521. The first-order chi connectivity index (χ1) is 13.4. The van der Waals surface area contributed by atoms with E-state index in [1.807, 2.05) is 38.2 Å². The van der Waals surface area contributed by atoms with E-state index >= 15 is 0 Å². The van der Waals surface area contributed by atoms with E-state index in [0.717, 1.165) is 11.1 Å². The predicted molar refractivity (Wildman–Crippen MR) is 105 cm³/mol. The van der Waals surface area contributed by atoms with Crippen LogP contribution in [0.4, 0.5) is 11.4 Å². The lowest BCUT2D eigenvalue weighted by molar-refractivity contribution is -0.384. The molecule has 2 aromatic carbocycles. The molecule has 0 saturated heterocycles. The van der Waals surface area contributed by atoms with Gasteiger partial charge in [0.25, 0.3) is 5.69 Å². The maximum absolute atomic E-state index is 12.2. The summed E-state index contributed by atoms with van der Waals surface area (Å²) in [5.41, 5.74) is 2.05. The van der Waals surface area contributed by atoms with Gasteiger partial charge in [0.15, 0.2) is 0 Å². The molecule has 1 heterocycles. The molecule has 3 aromatic rings. The van der Waals surface area contributed by atoms with Gasteiger partial charge in [0.1, 0.15) is 11.5 Å². The molecule has 1 aromatic heterocycles. The molecule has 144 valence electrons. The van der Waals surface area contributed by atoms with Crippen molar-refractivity contribution < 1.29 is 14.5 Å². The van der Waals surface area contributed by atoms with E-state index in [1.54, 1.807) is 23.0 Å². The molecule has 28 heavy (non-hydrogen) atoms. The number of nitrogens with one attached hydrogen (secondary N) is 1. The second-order valence-corrected chi connectivity index (χ2v) is 6.42. The Hall–Kier alpha value is -3.68. The molecule has 8 nitrogen and oxygen atoms in total. The Bertz CT molecular complexity index is 1010. The molecule has 0 bridgehead atoms. The Kier molecular flexibility index (Phi) is 5.69. The molecule has 1 N–H and O–H groups in total. The Morgan fingerprint density at radius 3 is 2.71 bits per heavy atom. The molecular weight excluding hydrogens is 360 g/mol. The van der Waals surface area contributed by atoms with Gasteiger partial charge in [0, 0.05) is 31.3 Å². The molecule has 0 spiro atoms. The van der Waals surface area contributed by atoms with Crippen LogP contribution in [0, 0.1) is 24.0 Å². The molecule has 0 aliphatic carbocycles. The summed E-state index contributed by atoms with van der Waals surface area (Å²) in [6.07, 6.45) is 3.75. The number of non-ortho nitro benzene ring substituents is 1. The van der Waals surface area contributed by atoms with Gasteiger partial charge < -0.3 is 10.1 Å². The van der Waals surface area contributed by atoms with Crippen LogP contribution in [0.3, 0.4) is 0 Å². The lowest BCUT2D eigenvalue weighted by Crippen LogP contribution is -2.15. The average Bonchev–Trinajstić information content (AvgIpc) is 3.07. The summed E-state index contributed by atoms with van der Waals surface area (Å²) in [6.45, 7) is 4.22. The molecule has 0 saturated carbocycles. The number of anilines is 1. The highest BCUT2D eigenvalue weighted by molar-refractivity contribution is 5.91. The summed E-state index contributed by atoms with van der Waals surface area (Å²) in [6, 6.07) is 11.6. The van der Waals surface area contributed by atoms with E-state index < -0.39 is 4.92 Å². The molecule has 8 heteroatoms. The fraction of sp³-hybridized carbons (Fsp3) is 0.200. The summed E-state index contributed by atoms with van der Waals surface area (Å²) in [5.74, 6) is 0.603. The molecular formula is C20H20N4O4. The van der Waals surface area contributed by atoms with Crippen LogP contribution in [0.1, 0.15) is 17.5 Å². The molecule has 1 amide bonds. The number of nitro groups is 1. The lowest BCUT2D eigenvalue weighted by atomic mass is 10.2. The molecule has 0 aliphatic rings. The van der Waals surface area contributed by atoms with Gasteiger partial charge in [-0.05, 0) is 31.0 Å². The number of aromatic nitrogens is 2. The number of ether oxygens (including phenoxy) is 1. The van der Waals surface area contributed by atoms with E-state index in [0.29, 0.717) is 18.0 Å². The van der Waals surface area contributed by atoms with Crippen molar-refractivity contribution in [2.24, 2.45) is 0 Å². The topological polar surface area (TPSA) is 99.3 Å². The van der Waals surface area contributed by atoms with Gasteiger partial charge in [-0.1, -0.05) is 18.2 Å². The number of hydrogen-bond acceptors (Lipinski definition) is 5. The molecule has 0 atom stereocenters. The SMILES string of the molecule is Cc1cnn(CCC(=O)Nc2cc(Oc3ccccc3C)cc([N+](=O)[O-])c2)c1. The largest absolute Gasteiger partial charge is 0.457 e. The third-order valence-electron chi connectivity index (χ3n) is 4.04. The minimum absolute atomic E-state index is 0.163. The average molecular weight is 380 g/mol. The van der Waals surface area contributed by atoms with Crippen molar-refractivity contribution in [2.45, 2.75) is 26.8 Å². The van der Waals surface area contributed by atoms with E-state index in [2.05, 4.69) is 10.4 Å². The van der Waals surface area contributed by atoms with E-state index in [-0.39, 0.29) is 23.8 Å². The third kappa shape index (κ3) is 4.94. The van der Waals surface area contributed by atoms with E-state index in [1.165, 1.54) is 12.1 Å². The molecule has 0 unspecified atom stereocenters. The standard InChI is InChI=1S/C20H20N4O4/c1-14-12-21-23(13-14)8-7-20(25)22-16-9-17(24(26)27)11-18(10-16)28-19-6-4-3-5-15(19)2/h3-6,9-13H,7-8H2,1-2H3,(H,22,25). The van der Waals surface area contributed by atoms with Crippen molar-refractivity contribution in [3.05, 3.63) is 76.1 Å². The quantitative estimate of drug-likeness (QED) is 0.488. The Morgan fingerprint density at radius 2 is 2.04 bits per heavy atom. The van der Waals surface area contributed by atoms with Crippen LogP contribution < -0.4 is 10.1 Å². The first-order valence-corrected chi connectivity index (χ1v) is 8.72. The van der Waals surface area contributed by atoms with Crippen LogP contribution in [-0.2, 0) is 11.3 Å². The predicted octanol–water partition coefficient (Wildman–Crippen LogP) is 4.23. The highest BCUT2D eigenvalue weighted by Crippen LogP contribution is 2.31. The number of benzene rings is 2. The number of hydrogen-bond donors (Lipinski definition) is 1. The third-order valence-corrected chi connectivity index (χ3v) is 4.04. The van der Waals surface area contributed by atoms with Gasteiger partial charge in [0.05, 0.1) is 22.9 Å². The Labute approximate surface area is 161 Å². The number of rotatable bonds is 7. The second-order valence-electron chi connectivity index (χ2n) is 6.42. The number of aryl methyl sites for hydroxylation is 3. The van der Waals surface area contributed by atoms with Gasteiger partial charge in [0.2, 0.25) is 5.91 Å². The minimum Gasteiger partial charge on any atom is -0.457 e. The summed E-state index contributed by atoms with van der Waals surface area (Å²) in [4.78, 5) is 23.0. The van der Waals surface area contributed by atoms with Gasteiger partial charge in [-0.25, -0.2) is 0 Å². The van der Waals surface area contributed by atoms with Gasteiger partial charge in [-0.2, -0.15) is 5.10 Å². The summed E-state index contributed by atoms with van der Waals surface area (Å²) in [5, 5.41) is 18.1. The van der Waals surface area contributed by atoms with Crippen molar-refractivity contribution in [3.8, 4) is 11.5 Å².